The van der Waals surface area contributed by atoms with Crippen molar-refractivity contribution < 1.29 is 13.2 Å². The number of rotatable bonds is 2. The minimum atomic E-state index is -4.34. The first-order chi connectivity index (χ1) is 9.24. The van der Waals surface area contributed by atoms with Crippen LogP contribution < -0.4 is 5.73 Å². The summed E-state index contributed by atoms with van der Waals surface area (Å²) >= 11 is 0. The van der Waals surface area contributed by atoms with Gasteiger partial charge in [-0.1, -0.05) is 32.0 Å². The van der Waals surface area contributed by atoms with Crippen LogP contribution in [0.25, 0.3) is 0 Å². The molecule has 1 aromatic carbocycles. The molecule has 0 unspecified atom stereocenters. The van der Waals surface area contributed by atoms with E-state index in [4.69, 9.17) is 5.73 Å². The Labute approximate surface area is 118 Å². The number of nitrogens with two attached hydrogens (primary N) is 1. The third-order valence-electron chi connectivity index (χ3n) is 4.63. The maximum Gasteiger partial charge on any atom is 0.416 e. The molecule has 1 fully saturated rings. The minimum absolute atomic E-state index is 0.259. The van der Waals surface area contributed by atoms with Gasteiger partial charge in [0.1, 0.15) is 0 Å². The molecule has 0 heterocycles. The van der Waals surface area contributed by atoms with Crippen LogP contribution in [0.3, 0.4) is 0 Å². The number of halogens is 3. The van der Waals surface area contributed by atoms with Crippen LogP contribution in [0.2, 0.25) is 0 Å². The molecule has 0 atom stereocenters. The first-order valence-corrected chi connectivity index (χ1v) is 7.19. The Bertz CT molecular complexity index is 457. The second-order valence-electron chi connectivity index (χ2n) is 6.28. The van der Waals surface area contributed by atoms with E-state index >= 15 is 0 Å². The van der Waals surface area contributed by atoms with Crippen LogP contribution in [0.5, 0.6) is 0 Å². The molecular weight excluding hydrogens is 263 g/mol. The molecule has 1 aromatic rings. The Morgan fingerprint density at radius 2 is 1.70 bits per heavy atom. The standard InChI is InChI=1S/C16H22F3N/c1-11(2)12-7-9-15(20,10-8-12)13-5-3-4-6-14(13)16(17,18)19/h3-6,11-12H,7-10,20H2,1-2H3. The third-order valence-corrected chi connectivity index (χ3v) is 4.63. The average Bonchev–Trinajstić information content (AvgIpc) is 2.38. The first-order valence-electron chi connectivity index (χ1n) is 7.19. The van der Waals surface area contributed by atoms with Crippen LogP contribution in [0.15, 0.2) is 24.3 Å². The van der Waals surface area contributed by atoms with Crippen LogP contribution in [-0.4, -0.2) is 0 Å². The van der Waals surface area contributed by atoms with Crippen molar-refractivity contribution in [3.63, 3.8) is 0 Å². The van der Waals surface area contributed by atoms with Crippen molar-refractivity contribution in [2.75, 3.05) is 0 Å². The Hall–Kier alpha value is -1.03. The fraction of sp³-hybridized carbons (Fsp3) is 0.625. The van der Waals surface area contributed by atoms with Gasteiger partial charge in [-0.05, 0) is 49.1 Å². The molecule has 1 nitrogen and oxygen atoms in total. The van der Waals surface area contributed by atoms with Crippen molar-refractivity contribution in [2.45, 2.75) is 51.2 Å². The van der Waals surface area contributed by atoms with Gasteiger partial charge in [-0.3, -0.25) is 0 Å². The maximum atomic E-state index is 13.1. The van der Waals surface area contributed by atoms with E-state index in [2.05, 4.69) is 13.8 Å². The highest BCUT2D eigenvalue weighted by molar-refractivity contribution is 5.36. The minimum Gasteiger partial charge on any atom is -0.321 e. The molecule has 0 radical (unpaired) electrons. The Balaban J connectivity index is 2.28. The van der Waals surface area contributed by atoms with Gasteiger partial charge < -0.3 is 5.73 Å². The second kappa shape index (κ2) is 5.40. The fourth-order valence-electron chi connectivity index (χ4n) is 3.26. The maximum absolute atomic E-state index is 13.1. The lowest BCUT2D eigenvalue weighted by molar-refractivity contribution is -0.139. The van der Waals surface area contributed by atoms with Gasteiger partial charge >= 0.3 is 6.18 Å². The first kappa shape index (κ1) is 15.4. The lowest BCUT2D eigenvalue weighted by Crippen LogP contribution is -2.42. The number of benzene rings is 1. The van der Waals surface area contributed by atoms with Gasteiger partial charge in [-0.25, -0.2) is 0 Å². The van der Waals surface area contributed by atoms with Crippen molar-refractivity contribution >= 4 is 0 Å². The molecule has 0 spiro atoms. The van der Waals surface area contributed by atoms with Gasteiger partial charge in [-0.15, -0.1) is 0 Å². The smallest absolute Gasteiger partial charge is 0.321 e. The largest absolute Gasteiger partial charge is 0.416 e. The lowest BCUT2D eigenvalue weighted by atomic mass is 9.69. The van der Waals surface area contributed by atoms with Crippen LogP contribution in [0.4, 0.5) is 13.2 Å². The van der Waals surface area contributed by atoms with E-state index in [0.29, 0.717) is 24.7 Å². The zero-order valence-electron chi connectivity index (χ0n) is 12.0. The highest BCUT2D eigenvalue weighted by atomic mass is 19.4. The fourth-order valence-corrected chi connectivity index (χ4v) is 3.26. The summed E-state index contributed by atoms with van der Waals surface area (Å²) in [6, 6.07) is 5.75. The Morgan fingerprint density at radius 3 is 2.20 bits per heavy atom. The third kappa shape index (κ3) is 3.00. The number of alkyl halides is 3. The van der Waals surface area contributed by atoms with Crippen LogP contribution in [0.1, 0.15) is 50.7 Å². The van der Waals surface area contributed by atoms with E-state index in [1.54, 1.807) is 12.1 Å². The summed E-state index contributed by atoms with van der Waals surface area (Å²) in [6.07, 6.45) is -1.27. The molecule has 0 amide bonds. The topological polar surface area (TPSA) is 26.0 Å². The number of hydrogen-bond donors (Lipinski definition) is 1. The van der Waals surface area contributed by atoms with Crippen molar-refractivity contribution in [1.29, 1.82) is 0 Å². The van der Waals surface area contributed by atoms with E-state index < -0.39 is 17.3 Å². The van der Waals surface area contributed by atoms with Crippen molar-refractivity contribution in [3.05, 3.63) is 35.4 Å². The second-order valence-corrected chi connectivity index (χ2v) is 6.28. The predicted octanol–water partition coefficient (Wildman–Crippen LogP) is 4.71. The molecule has 0 saturated heterocycles. The van der Waals surface area contributed by atoms with Gasteiger partial charge in [0.2, 0.25) is 0 Å². The molecule has 2 rings (SSSR count). The molecule has 4 heteroatoms. The molecule has 0 bridgehead atoms. The highest BCUT2D eigenvalue weighted by Gasteiger charge is 2.41. The average molecular weight is 285 g/mol. The SMILES string of the molecule is CC(C)C1CCC(N)(c2ccccc2C(F)(F)F)CC1. The normalized spacial score (nSPS) is 27.9. The summed E-state index contributed by atoms with van der Waals surface area (Å²) in [5.74, 6) is 1.14. The lowest BCUT2D eigenvalue weighted by Gasteiger charge is -2.40. The molecule has 1 aliphatic carbocycles. The van der Waals surface area contributed by atoms with Crippen molar-refractivity contribution in [1.82, 2.24) is 0 Å². The van der Waals surface area contributed by atoms with Gasteiger partial charge in [0.05, 0.1) is 5.56 Å². The molecular formula is C16H22F3N. The highest BCUT2D eigenvalue weighted by Crippen LogP contribution is 2.44. The molecule has 2 N–H and O–H groups in total. The zero-order valence-corrected chi connectivity index (χ0v) is 12.0. The van der Waals surface area contributed by atoms with E-state index in [1.807, 2.05) is 0 Å². The van der Waals surface area contributed by atoms with Crippen LogP contribution in [-0.2, 0) is 11.7 Å². The molecule has 1 aliphatic rings. The molecule has 112 valence electrons. The van der Waals surface area contributed by atoms with Gasteiger partial charge in [0.15, 0.2) is 0 Å². The summed E-state index contributed by atoms with van der Waals surface area (Å²) in [5, 5.41) is 0. The summed E-state index contributed by atoms with van der Waals surface area (Å²) < 4.78 is 39.4. The van der Waals surface area contributed by atoms with Crippen molar-refractivity contribution in [3.8, 4) is 0 Å². The molecule has 1 saturated carbocycles. The van der Waals surface area contributed by atoms with E-state index in [-0.39, 0.29) is 5.56 Å². The summed E-state index contributed by atoms with van der Waals surface area (Å²) in [5.41, 5.74) is 5.19. The summed E-state index contributed by atoms with van der Waals surface area (Å²) in [4.78, 5) is 0. The molecule has 0 aromatic heterocycles. The Kier molecular flexibility index (Phi) is 4.14. The van der Waals surface area contributed by atoms with Gasteiger partial charge in [0, 0.05) is 5.54 Å². The predicted molar refractivity (Wildman–Crippen MR) is 74.1 cm³/mol. The molecule has 20 heavy (non-hydrogen) atoms. The molecule has 0 aliphatic heterocycles. The summed E-state index contributed by atoms with van der Waals surface area (Å²) in [6.45, 7) is 4.33. The van der Waals surface area contributed by atoms with E-state index in [9.17, 15) is 13.2 Å². The van der Waals surface area contributed by atoms with Gasteiger partial charge in [-0.2, -0.15) is 13.2 Å². The van der Waals surface area contributed by atoms with Crippen LogP contribution >= 0.6 is 0 Å². The zero-order chi connectivity index (χ0) is 15.0. The van der Waals surface area contributed by atoms with Crippen LogP contribution in [0, 0.1) is 11.8 Å². The Morgan fingerprint density at radius 1 is 1.15 bits per heavy atom. The van der Waals surface area contributed by atoms with Crippen molar-refractivity contribution in [2.24, 2.45) is 17.6 Å². The van der Waals surface area contributed by atoms with Gasteiger partial charge in [0.25, 0.3) is 0 Å². The quantitative estimate of drug-likeness (QED) is 0.837. The summed E-state index contributed by atoms with van der Waals surface area (Å²) in [7, 11) is 0. The van der Waals surface area contributed by atoms with E-state index in [0.717, 1.165) is 18.9 Å². The monoisotopic (exact) mass is 285 g/mol. The van der Waals surface area contributed by atoms with E-state index in [1.165, 1.54) is 6.07 Å². The number of hydrogen-bond acceptors (Lipinski definition) is 1.